The van der Waals surface area contributed by atoms with E-state index in [-0.39, 0.29) is 11.6 Å². The number of aromatic nitrogens is 2. The van der Waals surface area contributed by atoms with E-state index in [0.717, 1.165) is 5.56 Å². The number of ether oxygens (including phenoxy) is 1. The first-order chi connectivity index (χ1) is 9.60. The summed E-state index contributed by atoms with van der Waals surface area (Å²) in [4.78, 5) is 4.46. The molecule has 20 heavy (non-hydrogen) atoms. The molecule has 0 aliphatic rings. The predicted molar refractivity (Wildman–Crippen MR) is 74.3 cm³/mol. The third kappa shape index (κ3) is 1.87. The summed E-state index contributed by atoms with van der Waals surface area (Å²) in [6, 6.07) is 9.51. The van der Waals surface area contributed by atoms with Gasteiger partial charge in [0.2, 0.25) is 0 Å². The number of phenols is 1. The van der Waals surface area contributed by atoms with Crippen LogP contribution < -0.4 is 4.74 Å². The Kier molecular flexibility index (Phi) is 2.82. The second-order valence-corrected chi connectivity index (χ2v) is 4.51. The minimum atomic E-state index is -0.301. The maximum Gasteiger partial charge on any atom is 0.160 e. The molecule has 0 aliphatic heterocycles. The first-order valence-electron chi connectivity index (χ1n) is 6.09. The number of benzene rings is 2. The molecule has 4 nitrogen and oxygen atoms in total. The number of hydrogen-bond donors (Lipinski definition) is 1. The lowest BCUT2D eigenvalue weighted by Crippen LogP contribution is -1.93. The number of nitrogens with zero attached hydrogens (tertiary/aromatic N) is 2. The Balaban J connectivity index is 2.19. The Morgan fingerprint density at radius 3 is 2.70 bits per heavy atom. The lowest BCUT2D eigenvalue weighted by atomic mass is 10.2. The van der Waals surface area contributed by atoms with Crippen LogP contribution in [0, 0.1) is 5.82 Å². The van der Waals surface area contributed by atoms with Crippen LogP contribution in [0.25, 0.3) is 22.4 Å². The number of rotatable bonds is 2. The van der Waals surface area contributed by atoms with Crippen LogP contribution >= 0.6 is 0 Å². The third-order valence-electron chi connectivity index (χ3n) is 3.28. The van der Waals surface area contributed by atoms with Crippen molar-refractivity contribution >= 4 is 11.0 Å². The fourth-order valence-corrected chi connectivity index (χ4v) is 2.25. The maximum atomic E-state index is 13.3. The van der Waals surface area contributed by atoms with Gasteiger partial charge in [0, 0.05) is 12.6 Å². The molecule has 1 aromatic heterocycles. The monoisotopic (exact) mass is 272 g/mol. The fraction of sp³-hybridized carbons (Fsp3) is 0.133. The minimum absolute atomic E-state index is 0.0447. The molecular weight excluding hydrogens is 259 g/mol. The first-order valence-corrected chi connectivity index (χ1v) is 6.09. The van der Waals surface area contributed by atoms with Gasteiger partial charge in [0.05, 0.1) is 18.1 Å². The highest BCUT2D eigenvalue weighted by Gasteiger charge is 2.12. The van der Waals surface area contributed by atoms with Crippen LogP contribution in [0.4, 0.5) is 4.39 Å². The van der Waals surface area contributed by atoms with Gasteiger partial charge in [-0.1, -0.05) is 0 Å². The van der Waals surface area contributed by atoms with Crippen molar-refractivity contribution in [3.63, 3.8) is 0 Å². The van der Waals surface area contributed by atoms with Crippen molar-refractivity contribution in [1.29, 1.82) is 0 Å². The molecule has 1 N–H and O–H groups in total. The van der Waals surface area contributed by atoms with E-state index in [1.807, 2.05) is 7.05 Å². The number of fused-ring (bicyclic) bond motifs is 1. The predicted octanol–water partition coefficient (Wildman–Crippen LogP) is 3.09. The van der Waals surface area contributed by atoms with Crippen LogP contribution in [0.1, 0.15) is 0 Å². The summed E-state index contributed by atoms with van der Waals surface area (Å²) in [5, 5.41) is 9.84. The van der Waals surface area contributed by atoms with Crippen LogP contribution in [0.2, 0.25) is 0 Å². The molecular formula is C15H13FN2O2. The van der Waals surface area contributed by atoms with Gasteiger partial charge < -0.3 is 14.4 Å². The molecule has 0 saturated carbocycles. The summed E-state index contributed by atoms with van der Waals surface area (Å²) < 4.78 is 20.1. The maximum absolute atomic E-state index is 13.3. The quantitative estimate of drug-likeness (QED) is 0.779. The molecule has 2 aromatic carbocycles. The molecule has 0 amide bonds. The zero-order valence-electron chi connectivity index (χ0n) is 11.1. The van der Waals surface area contributed by atoms with Gasteiger partial charge in [-0.15, -0.1) is 0 Å². The second-order valence-electron chi connectivity index (χ2n) is 4.51. The SMILES string of the molecule is COc1ccc(-c2nc3ccc(F)cc3n2C)cc1O. The highest BCUT2D eigenvalue weighted by atomic mass is 19.1. The van der Waals surface area contributed by atoms with E-state index in [9.17, 15) is 9.50 Å². The first kappa shape index (κ1) is 12.5. The molecule has 0 bridgehead atoms. The molecule has 1 heterocycles. The Hall–Kier alpha value is -2.56. The van der Waals surface area contributed by atoms with Crippen LogP contribution in [-0.2, 0) is 7.05 Å². The molecule has 0 atom stereocenters. The van der Waals surface area contributed by atoms with E-state index in [2.05, 4.69) is 4.98 Å². The van der Waals surface area contributed by atoms with E-state index in [4.69, 9.17) is 4.74 Å². The molecule has 3 aromatic rings. The van der Waals surface area contributed by atoms with Crippen molar-refractivity contribution in [3.8, 4) is 22.9 Å². The highest BCUT2D eigenvalue weighted by molar-refractivity contribution is 5.81. The molecule has 102 valence electrons. The van der Waals surface area contributed by atoms with Crippen molar-refractivity contribution < 1.29 is 14.2 Å². The Bertz CT molecular complexity index is 796. The van der Waals surface area contributed by atoms with Gasteiger partial charge in [-0.3, -0.25) is 0 Å². The average Bonchev–Trinajstić information content (AvgIpc) is 2.76. The summed E-state index contributed by atoms with van der Waals surface area (Å²) in [6.45, 7) is 0. The van der Waals surface area contributed by atoms with E-state index in [0.29, 0.717) is 22.6 Å². The van der Waals surface area contributed by atoms with E-state index < -0.39 is 0 Å². The molecule has 0 spiro atoms. The van der Waals surface area contributed by atoms with E-state index >= 15 is 0 Å². The number of halogens is 1. The average molecular weight is 272 g/mol. The Labute approximate surface area is 115 Å². The lowest BCUT2D eigenvalue weighted by Gasteiger charge is -2.06. The largest absolute Gasteiger partial charge is 0.504 e. The smallest absolute Gasteiger partial charge is 0.160 e. The van der Waals surface area contributed by atoms with E-state index in [1.165, 1.54) is 19.2 Å². The van der Waals surface area contributed by atoms with Crippen molar-refractivity contribution in [1.82, 2.24) is 9.55 Å². The standard InChI is InChI=1S/C15H13FN2O2/c1-18-12-8-10(16)4-5-11(12)17-15(18)9-3-6-14(20-2)13(19)7-9/h3-8,19H,1-2H3. The molecule has 0 radical (unpaired) electrons. The molecule has 0 unspecified atom stereocenters. The van der Waals surface area contributed by atoms with E-state index in [1.54, 1.807) is 28.8 Å². The zero-order valence-corrected chi connectivity index (χ0v) is 11.1. The minimum Gasteiger partial charge on any atom is -0.504 e. The van der Waals surface area contributed by atoms with Crippen molar-refractivity contribution in [2.24, 2.45) is 7.05 Å². The van der Waals surface area contributed by atoms with Crippen LogP contribution in [0.15, 0.2) is 36.4 Å². The van der Waals surface area contributed by atoms with Gasteiger partial charge in [0.1, 0.15) is 11.6 Å². The lowest BCUT2D eigenvalue weighted by molar-refractivity contribution is 0.373. The normalized spacial score (nSPS) is 10.9. The van der Waals surface area contributed by atoms with Crippen LogP contribution in [0.3, 0.4) is 0 Å². The Morgan fingerprint density at radius 2 is 2.00 bits per heavy atom. The van der Waals surface area contributed by atoms with Gasteiger partial charge in [-0.25, -0.2) is 9.37 Å². The topological polar surface area (TPSA) is 47.3 Å². The summed E-state index contributed by atoms with van der Waals surface area (Å²) in [5.41, 5.74) is 2.15. The fourth-order valence-electron chi connectivity index (χ4n) is 2.25. The van der Waals surface area contributed by atoms with Gasteiger partial charge in [-0.2, -0.15) is 0 Å². The molecule has 3 rings (SSSR count). The highest BCUT2D eigenvalue weighted by Crippen LogP contribution is 2.32. The summed E-state index contributed by atoms with van der Waals surface area (Å²) >= 11 is 0. The summed E-state index contributed by atoms with van der Waals surface area (Å²) in [7, 11) is 3.30. The summed E-state index contributed by atoms with van der Waals surface area (Å²) in [5.74, 6) is 0.801. The molecule has 0 fully saturated rings. The number of methoxy groups -OCH3 is 1. The van der Waals surface area contributed by atoms with Crippen LogP contribution in [0.5, 0.6) is 11.5 Å². The number of aromatic hydroxyl groups is 1. The summed E-state index contributed by atoms with van der Waals surface area (Å²) in [6.07, 6.45) is 0. The van der Waals surface area contributed by atoms with Crippen LogP contribution in [-0.4, -0.2) is 21.8 Å². The third-order valence-corrected chi connectivity index (χ3v) is 3.28. The van der Waals surface area contributed by atoms with Gasteiger partial charge in [0.25, 0.3) is 0 Å². The van der Waals surface area contributed by atoms with Crippen molar-refractivity contribution in [3.05, 3.63) is 42.2 Å². The van der Waals surface area contributed by atoms with Crippen molar-refractivity contribution in [2.75, 3.05) is 7.11 Å². The molecule has 5 heteroatoms. The molecule has 0 saturated heterocycles. The number of phenolic OH excluding ortho intramolecular Hbond substituents is 1. The molecule has 0 aliphatic carbocycles. The van der Waals surface area contributed by atoms with Gasteiger partial charge in [0.15, 0.2) is 11.5 Å². The van der Waals surface area contributed by atoms with Crippen molar-refractivity contribution in [2.45, 2.75) is 0 Å². The Morgan fingerprint density at radius 1 is 1.20 bits per heavy atom. The second kappa shape index (κ2) is 4.52. The van der Waals surface area contributed by atoms with Gasteiger partial charge >= 0.3 is 0 Å². The van der Waals surface area contributed by atoms with Gasteiger partial charge in [-0.05, 0) is 36.4 Å². The number of hydrogen-bond acceptors (Lipinski definition) is 3. The number of aryl methyl sites for hydroxylation is 1. The number of imidazole rings is 1. The zero-order chi connectivity index (χ0) is 14.3.